The Kier molecular flexibility index (Phi) is 2.99. The lowest BCUT2D eigenvalue weighted by atomic mass is 10.1. The standard InChI is InChI=1S/C13H11ClN2O4/c1-5-15-11-9(14)2-6(3-10(11)20-5)12(17)7-4-8(7)13(18)16-19/h2-3,7-8,19H,4H2,1H3,(H,16,18)/t7-,8-/m0/s1. The van der Waals surface area contributed by atoms with Gasteiger partial charge in [-0.25, -0.2) is 10.5 Å². The van der Waals surface area contributed by atoms with Crippen LogP contribution in [0.15, 0.2) is 16.5 Å². The van der Waals surface area contributed by atoms with Crippen LogP contribution in [0.25, 0.3) is 11.1 Å². The molecule has 2 N–H and O–H groups in total. The number of nitrogens with one attached hydrogen (secondary N) is 1. The summed E-state index contributed by atoms with van der Waals surface area (Å²) in [6.45, 7) is 1.69. The normalized spacial score (nSPS) is 20.9. The molecule has 0 spiro atoms. The number of rotatable bonds is 3. The highest BCUT2D eigenvalue weighted by molar-refractivity contribution is 6.35. The van der Waals surface area contributed by atoms with Crippen molar-refractivity contribution in [2.75, 3.05) is 0 Å². The Morgan fingerprint density at radius 2 is 2.20 bits per heavy atom. The zero-order valence-corrected chi connectivity index (χ0v) is 11.3. The average molecular weight is 295 g/mol. The van der Waals surface area contributed by atoms with E-state index in [9.17, 15) is 9.59 Å². The van der Waals surface area contributed by atoms with Crippen LogP contribution >= 0.6 is 11.6 Å². The van der Waals surface area contributed by atoms with Crippen LogP contribution in [0.2, 0.25) is 5.02 Å². The summed E-state index contributed by atoms with van der Waals surface area (Å²) >= 11 is 6.08. The molecular weight excluding hydrogens is 284 g/mol. The summed E-state index contributed by atoms with van der Waals surface area (Å²) in [5.74, 6) is -1.14. The third-order valence-electron chi connectivity index (χ3n) is 3.41. The molecule has 0 unspecified atom stereocenters. The maximum absolute atomic E-state index is 12.3. The third kappa shape index (κ3) is 2.07. The second-order valence-corrected chi connectivity index (χ2v) is 5.23. The number of nitrogens with zero attached hydrogens (tertiary/aromatic N) is 1. The Morgan fingerprint density at radius 3 is 2.90 bits per heavy atom. The fourth-order valence-electron chi connectivity index (χ4n) is 2.31. The van der Waals surface area contributed by atoms with Crippen LogP contribution in [0.1, 0.15) is 22.7 Å². The molecule has 0 bridgehead atoms. The summed E-state index contributed by atoms with van der Waals surface area (Å²) in [6.07, 6.45) is 0.427. The predicted molar refractivity (Wildman–Crippen MR) is 69.6 cm³/mol. The van der Waals surface area contributed by atoms with Crippen LogP contribution in [0.5, 0.6) is 0 Å². The molecule has 1 aromatic heterocycles. The molecule has 0 saturated heterocycles. The molecule has 1 saturated carbocycles. The van der Waals surface area contributed by atoms with Gasteiger partial charge in [-0.3, -0.25) is 14.8 Å². The molecule has 7 heteroatoms. The number of hydroxylamine groups is 1. The van der Waals surface area contributed by atoms with Crippen LogP contribution in [0, 0.1) is 18.8 Å². The molecule has 6 nitrogen and oxygen atoms in total. The van der Waals surface area contributed by atoms with E-state index in [0.29, 0.717) is 34.0 Å². The van der Waals surface area contributed by atoms with Gasteiger partial charge in [0.05, 0.1) is 10.9 Å². The highest BCUT2D eigenvalue weighted by Gasteiger charge is 2.48. The van der Waals surface area contributed by atoms with Crippen molar-refractivity contribution >= 4 is 34.4 Å². The average Bonchev–Trinajstić information content (AvgIpc) is 3.12. The minimum absolute atomic E-state index is 0.184. The summed E-state index contributed by atoms with van der Waals surface area (Å²) in [4.78, 5) is 27.6. The zero-order chi connectivity index (χ0) is 14.4. The number of amides is 1. The van der Waals surface area contributed by atoms with E-state index in [4.69, 9.17) is 21.2 Å². The maximum Gasteiger partial charge on any atom is 0.247 e. The van der Waals surface area contributed by atoms with Crippen molar-refractivity contribution in [2.24, 2.45) is 11.8 Å². The van der Waals surface area contributed by atoms with Gasteiger partial charge in [-0.1, -0.05) is 11.6 Å². The molecule has 1 amide bonds. The number of benzene rings is 1. The van der Waals surface area contributed by atoms with Crippen LogP contribution < -0.4 is 5.48 Å². The van der Waals surface area contributed by atoms with Crippen molar-refractivity contribution in [3.8, 4) is 0 Å². The van der Waals surface area contributed by atoms with E-state index in [2.05, 4.69) is 4.98 Å². The first-order chi connectivity index (χ1) is 9.51. The fraction of sp³-hybridized carbons (Fsp3) is 0.308. The van der Waals surface area contributed by atoms with E-state index in [0.717, 1.165) is 0 Å². The molecule has 1 aromatic carbocycles. The Balaban J connectivity index is 1.91. The van der Waals surface area contributed by atoms with Crippen LogP contribution in [-0.2, 0) is 4.79 Å². The number of hydrogen-bond acceptors (Lipinski definition) is 5. The van der Waals surface area contributed by atoms with Gasteiger partial charge >= 0.3 is 0 Å². The van der Waals surface area contributed by atoms with E-state index in [1.807, 2.05) is 0 Å². The molecule has 1 aliphatic carbocycles. The lowest BCUT2D eigenvalue weighted by Crippen LogP contribution is -2.22. The zero-order valence-electron chi connectivity index (χ0n) is 10.5. The van der Waals surface area contributed by atoms with Crippen molar-refractivity contribution in [2.45, 2.75) is 13.3 Å². The second kappa shape index (κ2) is 4.57. The molecule has 1 heterocycles. The van der Waals surface area contributed by atoms with Crippen molar-refractivity contribution in [1.82, 2.24) is 10.5 Å². The van der Waals surface area contributed by atoms with Gasteiger partial charge in [0, 0.05) is 18.4 Å². The van der Waals surface area contributed by atoms with Crippen molar-refractivity contribution in [1.29, 1.82) is 0 Å². The first kappa shape index (κ1) is 13.1. The maximum atomic E-state index is 12.3. The smallest absolute Gasteiger partial charge is 0.247 e. The lowest BCUT2D eigenvalue weighted by Gasteiger charge is -2.01. The molecule has 104 valence electrons. The van der Waals surface area contributed by atoms with Gasteiger partial charge in [0.15, 0.2) is 17.3 Å². The van der Waals surface area contributed by atoms with E-state index in [1.165, 1.54) is 6.07 Å². The Labute approximate surface area is 118 Å². The largest absolute Gasteiger partial charge is 0.441 e. The van der Waals surface area contributed by atoms with Gasteiger partial charge in [0.25, 0.3) is 0 Å². The molecular formula is C13H11ClN2O4. The fourth-order valence-corrected chi connectivity index (χ4v) is 2.57. The number of carbonyl (C=O) groups excluding carboxylic acids is 2. The summed E-state index contributed by atoms with van der Waals surface area (Å²) in [7, 11) is 0. The van der Waals surface area contributed by atoms with Gasteiger partial charge in [0.1, 0.15) is 5.52 Å². The van der Waals surface area contributed by atoms with Gasteiger partial charge in [-0.2, -0.15) is 0 Å². The number of oxazole rings is 1. The summed E-state index contributed by atoms with van der Waals surface area (Å²) in [5.41, 5.74) is 2.91. The molecule has 1 fully saturated rings. The van der Waals surface area contributed by atoms with E-state index in [-0.39, 0.29) is 5.78 Å². The van der Waals surface area contributed by atoms with Crippen molar-refractivity contribution in [3.05, 3.63) is 28.6 Å². The molecule has 20 heavy (non-hydrogen) atoms. The highest BCUT2D eigenvalue weighted by Crippen LogP contribution is 2.41. The Bertz CT molecular complexity index is 724. The van der Waals surface area contributed by atoms with Gasteiger partial charge in [0.2, 0.25) is 5.91 Å². The Morgan fingerprint density at radius 1 is 1.45 bits per heavy atom. The molecule has 3 rings (SSSR count). The van der Waals surface area contributed by atoms with E-state index in [1.54, 1.807) is 18.5 Å². The molecule has 0 aliphatic heterocycles. The summed E-state index contributed by atoms with van der Waals surface area (Å²) in [6, 6.07) is 3.11. The number of halogens is 1. The molecule has 2 atom stereocenters. The monoisotopic (exact) mass is 294 g/mol. The first-order valence-electron chi connectivity index (χ1n) is 6.06. The Hall–Kier alpha value is -1.92. The van der Waals surface area contributed by atoms with Gasteiger partial charge in [-0.15, -0.1) is 0 Å². The first-order valence-corrected chi connectivity index (χ1v) is 6.44. The molecule has 0 radical (unpaired) electrons. The third-order valence-corrected chi connectivity index (χ3v) is 3.70. The number of carbonyl (C=O) groups is 2. The van der Waals surface area contributed by atoms with Gasteiger partial charge in [-0.05, 0) is 18.6 Å². The van der Waals surface area contributed by atoms with Crippen LogP contribution in [-0.4, -0.2) is 21.9 Å². The van der Waals surface area contributed by atoms with E-state index >= 15 is 0 Å². The topological polar surface area (TPSA) is 92.4 Å². The number of ketones is 1. The van der Waals surface area contributed by atoms with Gasteiger partial charge < -0.3 is 4.42 Å². The van der Waals surface area contributed by atoms with Crippen LogP contribution in [0.4, 0.5) is 0 Å². The summed E-state index contributed by atoms with van der Waals surface area (Å²) < 4.78 is 5.37. The minimum Gasteiger partial charge on any atom is -0.441 e. The van der Waals surface area contributed by atoms with Crippen LogP contribution in [0.3, 0.4) is 0 Å². The molecule has 1 aliphatic rings. The number of aryl methyl sites for hydroxylation is 1. The number of hydrogen-bond donors (Lipinski definition) is 2. The predicted octanol–water partition coefficient (Wildman–Crippen LogP) is 2.11. The SMILES string of the molecule is Cc1nc2c(Cl)cc(C(=O)[C@H]3C[C@@H]3C(=O)NO)cc2o1. The minimum atomic E-state index is -0.536. The number of aromatic nitrogens is 1. The lowest BCUT2D eigenvalue weighted by molar-refractivity contribution is -0.130. The van der Waals surface area contributed by atoms with E-state index < -0.39 is 17.7 Å². The second-order valence-electron chi connectivity index (χ2n) is 4.83. The quantitative estimate of drug-likeness (QED) is 0.514. The summed E-state index contributed by atoms with van der Waals surface area (Å²) in [5, 5.41) is 8.89. The number of fused-ring (bicyclic) bond motifs is 1. The number of Topliss-reactive ketones (excluding diaryl/α,β-unsaturated/α-hetero) is 1. The van der Waals surface area contributed by atoms with Crippen molar-refractivity contribution in [3.63, 3.8) is 0 Å². The van der Waals surface area contributed by atoms with Crippen molar-refractivity contribution < 1.29 is 19.2 Å². The molecule has 2 aromatic rings. The highest BCUT2D eigenvalue weighted by atomic mass is 35.5.